The minimum absolute atomic E-state index is 0.0141. The van der Waals surface area contributed by atoms with Crippen LogP contribution in [0, 0.1) is 0 Å². The highest BCUT2D eigenvalue weighted by Crippen LogP contribution is 2.11. The third-order valence-electron chi connectivity index (χ3n) is 4.05. The number of rotatable bonds is 6. The number of aromatic nitrogens is 2. The van der Waals surface area contributed by atoms with Crippen LogP contribution in [0.15, 0.2) is 53.3 Å². The standard InChI is InChI=1S/C20H19N3O3/c1-13(24)14-9-11-15(12-10-14)21-19(25)8-4-7-18-22-17-6-3-2-5-16(17)20(26)23-18/h2-3,5-6,9-12H,4,7-8H2,1H3,(H,21,25)(H,22,23,26). The molecule has 0 fully saturated rings. The lowest BCUT2D eigenvalue weighted by Crippen LogP contribution is -2.14. The number of Topliss-reactive ketones (excluding diaryl/α,β-unsaturated/α-hetero) is 1. The molecule has 6 nitrogen and oxygen atoms in total. The second-order valence-corrected chi connectivity index (χ2v) is 6.07. The highest BCUT2D eigenvalue weighted by Gasteiger charge is 2.07. The van der Waals surface area contributed by atoms with Crippen molar-refractivity contribution >= 4 is 28.3 Å². The van der Waals surface area contributed by atoms with Gasteiger partial charge in [-0.05, 0) is 49.7 Å². The second kappa shape index (κ2) is 7.74. The number of hydrogen-bond donors (Lipinski definition) is 2. The van der Waals surface area contributed by atoms with E-state index in [1.165, 1.54) is 6.92 Å². The van der Waals surface area contributed by atoms with Crippen molar-refractivity contribution in [3.05, 3.63) is 70.3 Å². The van der Waals surface area contributed by atoms with Gasteiger partial charge >= 0.3 is 0 Å². The molecule has 0 bridgehead atoms. The Morgan fingerprint density at radius 3 is 2.54 bits per heavy atom. The van der Waals surface area contributed by atoms with Crippen LogP contribution in [0.1, 0.15) is 35.9 Å². The summed E-state index contributed by atoms with van der Waals surface area (Å²) >= 11 is 0. The molecule has 132 valence electrons. The number of H-pyrrole nitrogens is 1. The molecular weight excluding hydrogens is 330 g/mol. The van der Waals surface area contributed by atoms with Gasteiger partial charge in [0, 0.05) is 24.1 Å². The van der Waals surface area contributed by atoms with Crippen LogP contribution < -0.4 is 10.9 Å². The van der Waals surface area contributed by atoms with Crippen LogP contribution >= 0.6 is 0 Å². The molecule has 0 spiro atoms. The van der Waals surface area contributed by atoms with Crippen molar-refractivity contribution in [1.29, 1.82) is 0 Å². The van der Waals surface area contributed by atoms with Crippen molar-refractivity contribution in [2.45, 2.75) is 26.2 Å². The van der Waals surface area contributed by atoms with Gasteiger partial charge in [0.1, 0.15) is 5.82 Å². The van der Waals surface area contributed by atoms with Crippen LogP contribution in [0.3, 0.4) is 0 Å². The summed E-state index contributed by atoms with van der Waals surface area (Å²) in [5.41, 5.74) is 1.74. The second-order valence-electron chi connectivity index (χ2n) is 6.07. The Morgan fingerprint density at radius 1 is 1.08 bits per heavy atom. The number of ketones is 1. The Bertz CT molecular complexity index is 1010. The lowest BCUT2D eigenvalue weighted by atomic mass is 10.1. The first-order valence-electron chi connectivity index (χ1n) is 8.42. The number of carbonyl (C=O) groups is 2. The molecule has 0 unspecified atom stereocenters. The maximum absolute atomic E-state index is 12.0. The summed E-state index contributed by atoms with van der Waals surface area (Å²) in [5, 5.41) is 3.35. The summed E-state index contributed by atoms with van der Waals surface area (Å²) in [4.78, 5) is 42.5. The highest BCUT2D eigenvalue weighted by atomic mass is 16.1. The minimum atomic E-state index is -0.166. The zero-order valence-corrected chi connectivity index (χ0v) is 14.4. The molecular formula is C20H19N3O3. The van der Waals surface area contributed by atoms with E-state index in [0.717, 1.165) is 0 Å². The summed E-state index contributed by atoms with van der Waals surface area (Å²) < 4.78 is 0. The first-order valence-corrected chi connectivity index (χ1v) is 8.42. The number of anilines is 1. The molecule has 1 aromatic heterocycles. The van der Waals surface area contributed by atoms with E-state index in [1.807, 2.05) is 6.07 Å². The van der Waals surface area contributed by atoms with E-state index in [1.54, 1.807) is 42.5 Å². The molecule has 6 heteroatoms. The van der Waals surface area contributed by atoms with Crippen LogP contribution in [-0.2, 0) is 11.2 Å². The van der Waals surface area contributed by atoms with Crippen molar-refractivity contribution in [3.63, 3.8) is 0 Å². The molecule has 0 saturated carbocycles. The molecule has 26 heavy (non-hydrogen) atoms. The Labute approximate surface area is 150 Å². The summed E-state index contributed by atoms with van der Waals surface area (Å²) in [7, 11) is 0. The van der Waals surface area contributed by atoms with Crippen molar-refractivity contribution in [2.75, 3.05) is 5.32 Å². The average Bonchev–Trinajstić information content (AvgIpc) is 2.62. The fraction of sp³-hybridized carbons (Fsp3) is 0.200. The number of carbonyl (C=O) groups excluding carboxylic acids is 2. The van der Waals surface area contributed by atoms with E-state index >= 15 is 0 Å². The molecule has 0 atom stereocenters. The lowest BCUT2D eigenvalue weighted by molar-refractivity contribution is -0.116. The Morgan fingerprint density at radius 2 is 1.81 bits per heavy atom. The quantitative estimate of drug-likeness (QED) is 0.669. The van der Waals surface area contributed by atoms with Gasteiger partial charge in [-0.3, -0.25) is 14.4 Å². The fourth-order valence-corrected chi connectivity index (χ4v) is 2.68. The molecule has 1 heterocycles. The van der Waals surface area contributed by atoms with Gasteiger partial charge in [-0.15, -0.1) is 0 Å². The molecule has 0 aliphatic heterocycles. The SMILES string of the molecule is CC(=O)c1ccc(NC(=O)CCCc2nc3ccccc3c(=O)[nH]2)cc1. The lowest BCUT2D eigenvalue weighted by Gasteiger charge is -2.06. The molecule has 3 aromatic rings. The van der Waals surface area contributed by atoms with E-state index in [-0.39, 0.29) is 17.2 Å². The minimum Gasteiger partial charge on any atom is -0.326 e. The van der Waals surface area contributed by atoms with Gasteiger partial charge in [-0.1, -0.05) is 12.1 Å². The van der Waals surface area contributed by atoms with Gasteiger partial charge in [0.15, 0.2) is 5.78 Å². The van der Waals surface area contributed by atoms with Crippen LogP contribution in [0.5, 0.6) is 0 Å². The van der Waals surface area contributed by atoms with Crippen molar-refractivity contribution in [3.8, 4) is 0 Å². The first kappa shape index (κ1) is 17.5. The van der Waals surface area contributed by atoms with Crippen LogP contribution in [0.25, 0.3) is 10.9 Å². The number of hydrogen-bond acceptors (Lipinski definition) is 4. The first-order chi connectivity index (χ1) is 12.5. The van der Waals surface area contributed by atoms with E-state index in [2.05, 4.69) is 15.3 Å². The molecule has 2 N–H and O–H groups in total. The van der Waals surface area contributed by atoms with E-state index in [4.69, 9.17) is 0 Å². The van der Waals surface area contributed by atoms with Crippen LogP contribution in [-0.4, -0.2) is 21.7 Å². The van der Waals surface area contributed by atoms with Crippen molar-refractivity contribution in [1.82, 2.24) is 9.97 Å². The average molecular weight is 349 g/mol. The number of aryl methyl sites for hydroxylation is 1. The summed E-state index contributed by atoms with van der Waals surface area (Å²) in [6.45, 7) is 1.50. The highest BCUT2D eigenvalue weighted by molar-refractivity contribution is 5.95. The van der Waals surface area contributed by atoms with Gasteiger partial charge in [-0.2, -0.15) is 0 Å². The van der Waals surface area contributed by atoms with Crippen LogP contribution in [0.2, 0.25) is 0 Å². The van der Waals surface area contributed by atoms with Gasteiger partial charge in [0.25, 0.3) is 5.56 Å². The predicted molar refractivity (Wildman–Crippen MR) is 100 cm³/mol. The van der Waals surface area contributed by atoms with E-state index < -0.39 is 0 Å². The largest absolute Gasteiger partial charge is 0.326 e. The van der Waals surface area contributed by atoms with Crippen molar-refractivity contribution in [2.24, 2.45) is 0 Å². The van der Waals surface area contributed by atoms with Crippen molar-refractivity contribution < 1.29 is 9.59 Å². The molecule has 0 radical (unpaired) electrons. The third-order valence-corrected chi connectivity index (χ3v) is 4.05. The van der Waals surface area contributed by atoms with E-state index in [9.17, 15) is 14.4 Å². The van der Waals surface area contributed by atoms with Gasteiger partial charge < -0.3 is 10.3 Å². The molecule has 0 aliphatic rings. The number of para-hydroxylation sites is 1. The maximum atomic E-state index is 12.0. The number of nitrogens with zero attached hydrogens (tertiary/aromatic N) is 1. The Hall–Kier alpha value is -3.28. The number of nitrogens with one attached hydrogen (secondary N) is 2. The molecule has 2 aromatic carbocycles. The number of amides is 1. The fourth-order valence-electron chi connectivity index (χ4n) is 2.68. The molecule has 1 amide bonds. The topological polar surface area (TPSA) is 91.9 Å². The number of aromatic amines is 1. The summed E-state index contributed by atoms with van der Waals surface area (Å²) in [5.74, 6) is 0.441. The normalized spacial score (nSPS) is 10.7. The zero-order valence-electron chi connectivity index (χ0n) is 14.4. The molecule has 3 rings (SSSR count). The number of fused-ring (bicyclic) bond motifs is 1. The van der Waals surface area contributed by atoms with Gasteiger partial charge in [-0.25, -0.2) is 4.98 Å². The maximum Gasteiger partial charge on any atom is 0.258 e. The van der Waals surface area contributed by atoms with E-state index in [0.29, 0.717) is 47.2 Å². The Balaban J connectivity index is 1.55. The summed E-state index contributed by atoms with van der Waals surface area (Å²) in [6.07, 6.45) is 1.39. The molecule has 0 saturated heterocycles. The Kier molecular flexibility index (Phi) is 5.22. The van der Waals surface area contributed by atoms with Gasteiger partial charge in [0.05, 0.1) is 10.9 Å². The number of benzene rings is 2. The monoisotopic (exact) mass is 349 g/mol. The summed E-state index contributed by atoms with van der Waals surface area (Å²) in [6, 6.07) is 13.9. The predicted octanol–water partition coefficient (Wildman–Crippen LogP) is 3.09. The van der Waals surface area contributed by atoms with Gasteiger partial charge in [0.2, 0.25) is 5.91 Å². The van der Waals surface area contributed by atoms with Crippen LogP contribution in [0.4, 0.5) is 5.69 Å². The zero-order chi connectivity index (χ0) is 18.5. The molecule has 0 aliphatic carbocycles. The third kappa shape index (κ3) is 4.22. The smallest absolute Gasteiger partial charge is 0.258 e.